The van der Waals surface area contributed by atoms with Crippen molar-refractivity contribution in [2.75, 3.05) is 39.8 Å². The van der Waals surface area contributed by atoms with Crippen molar-refractivity contribution in [3.05, 3.63) is 36.1 Å². The molecule has 0 radical (unpaired) electrons. The van der Waals surface area contributed by atoms with Gasteiger partial charge in [0, 0.05) is 38.1 Å². The van der Waals surface area contributed by atoms with Crippen LogP contribution in [0.1, 0.15) is 18.3 Å². The van der Waals surface area contributed by atoms with Crippen LogP contribution in [0, 0.1) is 0 Å². The number of furan rings is 1. The third kappa shape index (κ3) is 3.03. The summed E-state index contributed by atoms with van der Waals surface area (Å²) >= 11 is 0. The van der Waals surface area contributed by atoms with Crippen molar-refractivity contribution in [3.63, 3.8) is 0 Å². The van der Waals surface area contributed by atoms with E-state index in [-0.39, 0.29) is 0 Å². The van der Waals surface area contributed by atoms with Crippen LogP contribution in [0.5, 0.6) is 0 Å². The fourth-order valence-electron chi connectivity index (χ4n) is 2.69. The van der Waals surface area contributed by atoms with Gasteiger partial charge >= 0.3 is 0 Å². The first-order valence-electron chi connectivity index (χ1n) is 7.30. The molecule has 2 aromatic rings. The van der Waals surface area contributed by atoms with Crippen LogP contribution in [0.4, 0.5) is 0 Å². The van der Waals surface area contributed by atoms with E-state index in [1.807, 2.05) is 30.3 Å². The Bertz CT molecular complexity index is 525. The molecule has 1 unspecified atom stereocenters. The maximum atomic E-state index is 10.3. The monoisotopic (exact) mass is 274 g/mol. The zero-order chi connectivity index (χ0) is 13.9. The molecule has 1 aliphatic rings. The maximum absolute atomic E-state index is 10.3. The molecule has 1 aromatic carbocycles. The predicted octanol–water partition coefficient (Wildman–Crippen LogP) is 2.10. The number of aliphatic hydroxyl groups excluding tert-OH is 1. The molecule has 0 spiro atoms. The van der Waals surface area contributed by atoms with E-state index in [0.29, 0.717) is 5.76 Å². The Kier molecular flexibility index (Phi) is 4.05. The molecule has 0 amide bonds. The van der Waals surface area contributed by atoms with Gasteiger partial charge in [-0.3, -0.25) is 0 Å². The third-order valence-electron chi connectivity index (χ3n) is 4.09. The molecule has 1 atom stereocenters. The standard InChI is InChI=1S/C16H22N2O2/c1-17-8-10-18(11-9-17)7-6-14(19)16-12-13-4-2-3-5-15(13)20-16/h2-5,12,14,19H,6-11H2,1H3. The molecule has 4 heteroatoms. The lowest BCUT2D eigenvalue weighted by Crippen LogP contribution is -2.44. The summed E-state index contributed by atoms with van der Waals surface area (Å²) in [7, 11) is 2.15. The van der Waals surface area contributed by atoms with E-state index >= 15 is 0 Å². The number of hydrogen-bond donors (Lipinski definition) is 1. The minimum absolute atomic E-state index is 0.512. The quantitative estimate of drug-likeness (QED) is 0.927. The first-order chi connectivity index (χ1) is 9.72. The van der Waals surface area contributed by atoms with Crippen molar-refractivity contribution in [1.82, 2.24) is 9.80 Å². The topological polar surface area (TPSA) is 39.9 Å². The Morgan fingerprint density at radius 2 is 1.95 bits per heavy atom. The Morgan fingerprint density at radius 1 is 1.20 bits per heavy atom. The lowest BCUT2D eigenvalue weighted by molar-refractivity contribution is 0.101. The molecule has 0 bridgehead atoms. The van der Waals surface area contributed by atoms with Gasteiger partial charge in [0.2, 0.25) is 0 Å². The molecule has 1 aliphatic heterocycles. The van der Waals surface area contributed by atoms with Crippen LogP contribution in [0.25, 0.3) is 11.0 Å². The van der Waals surface area contributed by atoms with Crippen LogP contribution < -0.4 is 0 Å². The van der Waals surface area contributed by atoms with Gasteiger partial charge in [-0.15, -0.1) is 0 Å². The SMILES string of the molecule is CN1CCN(CCC(O)c2cc3ccccc3o2)CC1. The molecular weight excluding hydrogens is 252 g/mol. The van der Waals surface area contributed by atoms with Gasteiger partial charge in [0.05, 0.1) is 0 Å². The highest BCUT2D eigenvalue weighted by molar-refractivity contribution is 5.77. The third-order valence-corrected chi connectivity index (χ3v) is 4.09. The van der Waals surface area contributed by atoms with Crippen molar-refractivity contribution < 1.29 is 9.52 Å². The van der Waals surface area contributed by atoms with Gasteiger partial charge in [0.1, 0.15) is 17.4 Å². The second-order valence-corrected chi connectivity index (χ2v) is 5.64. The average molecular weight is 274 g/mol. The van der Waals surface area contributed by atoms with E-state index in [2.05, 4.69) is 16.8 Å². The van der Waals surface area contributed by atoms with Gasteiger partial charge in [-0.1, -0.05) is 18.2 Å². The molecular formula is C16H22N2O2. The van der Waals surface area contributed by atoms with Crippen molar-refractivity contribution in [2.45, 2.75) is 12.5 Å². The second kappa shape index (κ2) is 5.95. The molecule has 1 N–H and O–H groups in total. The zero-order valence-electron chi connectivity index (χ0n) is 12.0. The number of para-hydroxylation sites is 1. The number of hydrogen-bond acceptors (Lipinski definition) is 4. The van der Waals surface area contributed by atoms with Crippen LogP contribution in [0.2, 0.25) is 0 Å². The first-order valence-corrected chi connectivity index (χ1v) is 7.30. The highest BCUT2D eigenvalue weighted by atomic mass is 16.4. The molecule has 3 rings (SSSR count). The molecule has 0 aliphatic carbocycles. The van der Waals surface area contributed by atoms with Crippen LogP contribution in [0.3, 0.4) is 0 Å². The highest BCUT2D eigenvalue weighted by Gasteiger charge is 2.17. The normalized spacial score (nSPS) is 19.5. The fraction of sp³-hybridized carbons (Fsp3) is 0.500. The van der Waals surface area contributed by atoms with Crippen molar-refractivity contribution in [1.29, 1.82) is 0 Å². The van der Waals surface area contributed by atoms with Gasteiger partial charge in [0.25, 0.3) is 0 Å². The predicted molar refractivity (Wildman–Crippen MR) is 79.7 cm³/mol. The summed E-state index contributed by atoms with van der Waals surface area (Å²) in [5.41, 5.74) is 0.848. The van der Waals surface area contributed by atoms with Gasteiger partial charge in [-0.2, -0.15) is 0 Å². The van der Waals surface area contributed by atoms with Crippen LogP contribution in [-0.2, 0) is 0 Å². The number of nitrogens with zero attached hydrogens (tertiary/aromatic N) is 2. The molecule has 20 heavy (non-hydrogen) atoms. The van der Waals surface area contributed by atoms with E-state index < -0.39 is 6.10 Å². The summed E-state index contributed by atoms with van der Waals surface area (Å²) in [6, 6.07) is 9.83. The number of piperazine rings is 1. The fourth-order valence-corrected chi connectivity index (χ4v) is 2.69. The lowest BCUT2D eigenvalue weighted by Gasteiger charge is -2.32. The van der Waals surface area contributed by atoms with Crippen molar-refractivity contribution in [3.8, 4) is 0 Å². The van der Waals surface area contributed by atoms with E-state index in [4.69, 9.17) is 4.42 Å². The summed E-state index contributed by atoms with van der Waals surface area (Å²) < 4.78 is 5.71. The number of fused-ring (bicyclic) bond motifs is 1. The number of aliphatic hydroxyl groups is 1. The molecule has 1 aromatic heterocycles. The number of benzene rings is 1. The molecule has 4 nitrogen and oxygen atoms in total. The Morgan fingerprint density at radius 3 is 2.70 bits per heavy atom. The Hall–Kier alpha value is -1.36. The summed E-state index contributed by atoms with van der Waals surface area (Å²) in [5, 5.41) is 11.3. The summed E-state index contributed by atoms with van der Waals surface area (Å²) in [5.74, 6) is 0.681. The first kappa shape index (κ1) is 13.6. The lowest BCUT2D eigenvalue weighted by atomic mass is 10.1. The number of likely N-dealkylation sites (N-methyl/N-ethyl adjacent to an activating group) is 1. The van der Waals surface area contributed by atoms with Gasteiger partial charge < -0.3 is 19.3 Å². The summed E-state index contributed by atoms with van der Waals surface area (Å²) in [6.07, 6.45) is 0.214. The highest BCUT2D eigenvalue weighted by Crippen LogP contribution is 2.25. The molecule has 1 fully saturated rings. The summed E-state index contributed by atoms with van der Waals surface area (Å²) in [6.45, 7) is 5.32. The molecule has 0 saturated carbocycles. The van der Waals surface area contributed by atoms with E-state index in [1.54, 1.807) is 0 Å². The minimum atomic E-state index is -0.512. The number of rotatable bonds is 4. The average Bonchev–Trinajstić information content (AvgIpc) is 2.90. The smallest absolute Gasteiger partial charge is 0.134 e. The maximum Gasteiger partial charge on any atom is 0.134 e. The van der Waals surface area contributed by atoms with Crippen LogP contribution in [0.15, 0.2) is 34.7 Å². The summed E-state index contributed by atoms with van der Waals surface area (Å²) in [4.78, 5) is 4.75. The zero-order valence-corrected chi connectivity index (χ0v) is 12.0. The van der Waals surface area contributed by atoms with E-state index in [0.717, 1.165) is 50.1 Å². The molecule has 2 heterocycles. The van der Waals surface area contributed by atoms with Crippen LogP contribution in [-0.4, -0.2) is 54.7 Å². The van der Waals surface area contributed by atoms with Crippen molar-refractivity contribution in [2.24, 2.45) is 0 Å². The van der Waals surface area contributed by atoms with E-state index in [9.17, 15) is 5.11 Å². The van der Waals surface area contributed by atoms with Gasteiger partial charge in [0.15, 0.2) is 0 Å². The largest absolute Gasteiger partial charge is 0.458 e. The van der Waals surface area contributed by atoms with Crippen molar-refractivity contribution >= 4 is 11.0 Å². The minimum Gasteiger partial charge on any atom is -0.458 e. The molecule has 108 valence electrons. The van der Waals surface area contributed by atoms with E-state index in [1.165, 1.54) is 0 Å². The Balaban J connectivity index is 1.57. The molecule has 1 saturated heterocycles. The van der Waals surface area contributed by atoms with Gasteiger partial charge in [-0.05, 0) is 25.6 Å². The second-order valence-electron chi connectivity index (χ2n) is 5.64. The van der Waals surface area contributed by atoms with Crippen LogP contribution >= 0.6 is 0 Å². The Labute approximate surface area is 119 Å². The van der Waals surface area contributed by atoms with Gasteiger partial charge in [-0.25, -0.2) is 0 Å².